The van der Waals surface area contributed by atoms with Gasteiger partial charge in [-0.1, -0.05) is 18.2 Å². The lowest BCUT2D eigenvalue weighted by molar-refractivity contribution is -0.117. The van der Waals surface area contributed by atoms with E-state index < -0.39 is 6.04 Å². The van der Waals surface area contributed by atoms with Crippen LogP contribution in [-0.4, -0.2) is 17.1 Å². The van der Waals surface area contributed by atoms with Crippen molar-refractivity contribution in [1.82, 2.24) is 0 Å². The van der Waals surface area contributed by atoms with Crippen LogP contribution in [0.4, 0.5) is 5.69 Å². The zero-order valence-electron chi connectivity index (χ0n) is 11.6. The van der Waals surface area contributed by atoms with Crippen molar-refractivity contribution in [2.75, 3.05) is 5.32 Å². The Bertz CT molecular complexity index is 641. The maximum Gasteiger partial charge on any atom is 0.241 e. The minimum Gasteiger partial charge on any atom is -0.508 e. The van der Waals surface area contributed by atoms with Crippen LogP contribution >= 0.6 is 15.9 Å². The number of aromatic hydroxyl groups is 1. The number of aryl methyl sites for hydroxylation is 1. The molecule has 110 valence electrons. The number of halogens is 1. The standard InChI is InChI=1S/C16H17BrN2O2/c1-10-2-7-15(13(17)8-10)19-16(21)14(18)9-11-3-5-12(20)6-4-11/h2-8,14,20H,9,18H2,1H3,(H,19,21)/t14-/m0/s1. The number of nitrogens with one attached hydrogen (secondary N) is 1. The van der Waals surface area contributed by atoms with E-state index in [-0.39, 0.29) is 11.7 Å². The first-order chi connectivity index (χ1) is 9.95. The lowest BCUT2D eigenvalue weighted by Gasteiger charge is -2.13. The minimum atomic E-state index is -0.650. The Morgan fingerprint density at radius 2 is 1.95 bits per heavy atom. The quantitative estimate of drug-likeness (QED) is 0.794. The number of benzene rings is 2. The number of carbonyl (C=O) groups is 1. The largest absolute Gasteiger partial charge is 0.508 e. The molecule has 0 spiro atoms. The highest BCUT2D eigenvalue weighted by molar-refractivity contribution is 9.10. The van der Waals surface area contributed by atoms with Crippen LogP contribution in [0.1, 0.15) is 11.1 Å². The van der Waals surface area contributed by atoms with Crippen molar-refractivity contribution in [1.29, 1.82) is 0 Å². The highest BCUT2D eigenvalue weighted by atomic mass is 79.9. The molecule has 2 aromatic rings. The average Bonchev–Trinajstić information content (AvgIpc) is 2.44. The van der Waals surface area contributed by atoms with Gasteiger partial charge in [0.2, 0.25) is 5.91 Å². The molecule has 0 heterocycles. The number of nitrogens with two attached hydrogens (primary N) is 1. The van der Waals surface area contributed by atoms with E-state index >= 15 is 0 Å². The van der Waals surface area contributed by atoms with Crippen molar-refractivity contribution in [3.63, 3.8) is 0 Å². The van der Waals surface area contributed by atoms with Crippen LogP contribution in [0.25, 0.3) is 0 Å². The Labute approximate surface area is 132 Å². The molecule has 0 radical (unpaired) electrons. The lowest BCUT2D eigenvalue weighted by Crippen LogP contribution is -2.37. The Morgan fingerprint density at radius 3 is 2.57 bits per heavy atom. The molecular weight excluding hydrogens is 332 g/mol. The van der Waals surface area contributed by atoms with Gasteiger partial charge in [0.05, 0.1) is 11.7 Å². The van der Waals surface area contributed by atoms with Crippen molar-refractivity contribution < 1.29 is 9.90 Å². The summed E-state index contributed by atoms with van der Waals surface area (Å²) in [5.74, 6) is -0.0482. The lowest BCUT2D eigenvalue weighted by atomic mass is 10.1. The highest BCUT2D eigenvalue weighted by Gasteiger charge is 2.15. The van der Waals surface area contributed by atoms with Crippen molar-refractivity contribution in [3.8, 4) is 5.75 Å². The molecule has 1 atom stereocenters. The van der Waals surface area contributed by atoms with E-state index in [2.05, 4.69) is 21.2 Å². The topological polar surface area (TPSA) is 75.4 Å². The molecule has 0 aliphatic carbocycles. The molecule has 0 saturated carbocycles. The number of carbonyl (C=O) groups excluding carboxylic acids is 1. The Hall–Kier alpha value is -1.85. The van der Waals surface area contributed by atoms with Gasteiger partial charge >= 0.3 is 0 Å². The number of phenols is 1. The SMILES string of the molecule is Cc1ccc(NC(=O)[C@@H](N)Cc2ccc(O)cc2)c(Br)c1. The molecule has 5 heteroatoms. The summed E-state index contributed by atoms with van der Waals surface area (Å²) in [6.07, 6.45) is 0.412. The summed E-state index contributed by atoms with van der Waals surface area (Å²) < 4.78 is 0.827. The van der Waals surface area contributed by atoms with Gasteiger partial charge in [0, 0.05) is 4.47 Å². The van der Waals surface area contributed by atoms with Crippen LogP contribution in [-0.2, 0) is 11.2 Å². The van der Waals surface area contributed by atoms with Crippen molar-refractivity contribution >= 4 is 27.5 Å². The fourth-order valence-electron chi connectivity index (χ4n) is 1.93. The predicted molar refractivity (Wildman–Crippen MR) is 87.3 cm³/mol. The van der Waals surface area contributed by atoms with E-state index in [1.165, 1.54) is 0 Å². The molecular formula is C16H17BrN2O2. The van der Waals surface area contributed by atoms with E-state index in [1.807, 2.05) is 25.1 Å². The molecule has 0 aromatic heterocycles. The van der Waals surface area contributed by atoms with Crippen LogP contribution in [0, 0.1) is 6.92 Å². The average molecular weight is 349 g/mol. The maximum atomic E-state index is 12.1. The van der Waals surface area contributed by atoms with E-state index in [0.29, 0.717) is 12.1 Å². The van der Waals surface area contributed by atoms with Crippen LogP contribution in [0.15, 0.2) is 46.9 Å². The van der Waals surface area contributed by atoms with Crippen LogP contribution in [0.5, 0.6) is 5.75 Å². The summed E-state index contributed by atoms with van der Waals surface area (Å²) in [5, 5.41) is 12.0. The molecule has 1 amide bonds. The molecule has 0 unspecified atom stereocenters. The summed E-state index contributed by atoms with van der Waals surface area (Å²) in [6, 6.07) is 11.7. The number of rotatable bonds is 4. The van der Waals surface area contributed by atoms with Gasteiger partial charge in [-0.25, -0.2) is 0 Å². The van der Waals surface area contributed by atoms with E-state index in [0.717, 1.165) is 15.6 Å². The molecule has 2 rings (SSSR count). The van der Waals surface area contributed by atoms with E-state index in [4.69, 9.17) is 5.73 Å². The first-order valence-electron chi connectivity index (χ1n) is 6.56. The van der Waals surface area contributed by atoms with Gasteiger partial charge in [-0.05, 0) is 64.7 Å². The third kappa shape index (κ3) is 4.31. The predicted octanol–water partition coefficient (Wildman–Crippen LogP) is 2.97. The van der Waals surface area contributed by atoms with Crippen molar-refractivity contribution in [2.24, 2.45) is 5.73 Å². The molecule has 4 N–H and O–H groups in total. The van der Waals surface area contributed by atoms with Gasteiger partial charge in [-0.15, -0.1) is 0 Å². The Kier molecular flexibility index (Phi) is 4.98. The zero-order valence-corrected chi connectivity index (χ0v) is 13.2. The zero-order chi connectivity index (χ0) is 15.4. The number of amides is 1. The molecule has 0 fully saturated rings. The highest BCUT2D eigenvalue weighted by Crippen LogP contribution is 2.23. The van der Waals surface area contributed by atoms with Gasteiger partial charge in [0.15, 0.2) is 0 Å². The third-order valence-electron chi connectivity index (χ3n) is 3.11. The van der Waals surface area contributed by atoms with Gasteiger partial charge in [-0.3, -0.25) is 4.79 Å². The second-order valence-corrected chi connectivity index (χ2v) is 5.80. The number of anilines is 1. The number of hydrogen-bond acceptors (Lipinski definition) is 3. The maximum absolute atomic E-state index is 12.1. The van der Waals surface area contributed by atoms with Gasteiger partial charge in [-0.2, -0.15) is 0 Å². The van der Waals surface area contributed by atoms with Crippen LogP contribution in [0.3, 0.4) is 0 Å². The molecule has 21 heavy (non-hydrogen) atoms. The molecule has 0 aliphatic rings. The van der Waals surface area contributed by atoms with E-state index in [9.17, 15) is 9.90 Å². The molecule has 0 bridgehead atoms. The van der Waals surface area contributed by atoms with Crippen LogP contribution in [0.2, 0.25) is 0 Å². The Balaban J connectivity index is 2.00. The molecule has 4 nitrogen and oxygen atoms in total. The molecule has 0 aliphatic heterocycles. The summed E-state index contributed by atoms with van der Waals surface area (Å²) in [6.45, 7) is 1.98. The number of phenolic OH excluding ortho intramolecular Hbond substituents is 1. The van der Waals surface area contributed by atoms with Crippen LogP contribution < -0.4 is 11.1 Å². The van der Waals surface area contributed by atoms with Crippen molar-refractivity contribution in [2.45, 2.75) is 19.4 Å². The first-order valence-corrected chi connectivity index (χ1v) is 7.35. The summed E-state index contributed by atoms with van der Waals surface area (Å²) in [5.41, 5.74) is 8.63. The second kappa shape index (κ2) is 6.74. The van der Waals surface area contributed by atoms with Gasteiger partial charge in [0.25, 0.3) is 0 Å². The summed E-state index contributed by atoms with van der Waals surface area (Å²) >= 11 is 3.42. The monoisotopic (exact) mass is 348 g/mol. The molecule has 0 saturated heterocycles. The fraction of sp³-hybridized carbons (Fsp3) is 0.188. The summed E-state index contributed by atoms with van der Waals surface area (Å²) in [7, 11) is 0. The van der Waals surface area contributed by atoms with E-state index in [1.54, 1.807) is 24.3 Å². The Morgan fingerprint density at radius 1 is 1.29 bits per heavy atom. The van der Waals surface area contributed by atoms with Gasteiger partial charge < -0.3 is 16.2 Å². The number of hydrogen-bond donors (Lipinski definition) is 3. The normalized spacial score (nSPS) is 12.0. The van der Waals surface area contributed by atoms with Gasteiger partial charge in [0.1, 0.15) is 5.75 Å². The fourth-order valence-corrected chi connectivity index (χ4v) is 2.52. The first kappa shape index (κ1) is 15.5. The third-order valence-corrected chi connectivity index (χ3v) is 3.77. The summed E-state index contributed by atoms with van der Waals surface area (Å²) in [4.78, 5) is 12.1. The minimum absolute atomic E-state index is 0.195. The second-order valence-electron chi connectivity index (χ2n) is 4.95. The molecule has 2 aromatic carbocycles. The smallest absolute Gasteiger partial charge is 0.241 e. The van der Waals surface area contributed by atoms with Crippen molar-refractivity contribution in [3.05, 3.63) is 58.1 Å².